The van der Waals surface area contributed by atoms with Gasteiger partial charge in [-0.3, -0.25) is 5.10 Å². The zero-order valence-electron chi connectivity index (χ0n) is 6.76. The maximum Gasteiger partial charge on any atom is 0.0934 e. The van der Waals surface area contributed by atoms with Crippen molar-refractivity contribution in [3.63, 3.8) is 0 Å². The molecule has 0 unspecified atom stereocenters. The second-order valence-corrected chi connectivity index (χ2v) is 3.96. The van der Waals surface area contributed by atoms with E-state index in [1.807, 2.05) is 0 Å². The van der Waals surface area contributed by atoms with Crippen molar-refractivity contribution < 1.29 is 0 Å². The van der Waals surface area contributed by atoms with Crippen molar-refractivity contribution in [2.75, 3.05) is 0 Å². The standard InChI is InChI=1S/C9H9IN2/c1-2-8-7-4-3-6(10)5-9(7)12-11-8/h3-5H,2H2,1H3,(H,11,12). The Morgan fingerprint density at radius 2 is 2.33 bits per heavy atom. The van der Waals surface area contributed by atoms with Gasteiger partial charge in [0.15, 0.2) is 0 Å². The number of aromatic nitrogens is 2. The molecule has 0 fully saturated rings. The molecule has 2 nitrogen and oxygen atoms in total. The number of H-pyrrole nitrogens is 1. The number of rotatable bonds is 1. The quantitative estimate of drug-likeness (QED) is 0.794. The molecule has 0 saturated heterocycles. The number of halogens is 1. The molecule has 0 atom stereocenters. The Morgan fingerprint density at radius 3 is 3.08 bits per heavy atom. The van der Waals surface area contributed by atoms with Crippen molar-refractivity contribution in [3.05, 3.63) is 27.5 Å². The van der Waals surface area contributed by atoms with E-state index in [4.69, 9.17) is 0 Å². The lowest BCUT2D eigenvalue weighted by atomic mass is 10.2. The average Bonchev–Trinajstić information content (AvgIpc) is 2.46. The number of hydrogen-bond donors (Lipinski definition) is 1. The molecule has 62 valence electrons. The van der Waals surface area contributed by atoms with E-state index in [1.54, 1.807) is 0 Å². The SMILES string of the molecule is CCc1[nH]nc2cc(I)ccc12. The van der Waals surface area contributed by atoms with Gasteiger partial charge in [-0.25, -0.2) is 0 Å². The first-order valence-corrected chi connectivity index (χ1v) is 5.01. The predicted molar refractivity (Wildman–Crippen MR) is 58.2 cm³/mol. The fraction of sp³-hybridized carbons (Fsp3) is 0.222. The molecular weight excluding hydrogens is 263 g/mol. The van der Waals surface area contributed by atoms with Crippen LogP contribution in [-0.2, 0) is 6.42 Å². The number of fused-ring (bicyclic) bond motifs is 1. The van der Waals surface area contributed by atoms with Gasteiger partial charge in [-0.2, -0.15) is 5.10 Å². The van der Waals surface area contributed by atoms with Crippen molar-refractivity contribution >= 4 is 33.5 Å². The van der Waals surface area contributed by atoms with Gasteiger partial charge >= 0.3 is 0 Å². The van der Waals surface area contributed by atoms with Crippen LogP contribution in [0.15, 0.2) is 18.2 Å². The molecule has 0 spiro atoms. The molecule has 12 heavy (non-hydrogen) atoms. The van der Waals surface area contributed by atoms with Crippen molar-refractivity contribution in [3.8, 4) is 0 Å². The van der Waals surface area contributed by atoms with E-state index < -0.39 is 0 Å². The molecule has 1 aromatic carbocycles. The smallest absolute Gasteiger partial charge is 0.0934 e. The highest BCUT2D eigenvalue weighted by molar-refractivity contribution is 14.1. The molecule has 0 aliphatic rings. The van der Waals surface area contributed by atoms with Gasteiger partial charge in [-0.05, 0) is 47.2 Å². The van der Waals surface area contributed by atoms with Crippen molar-refractivity contribution in [1.29, 1.82) is 0 Å². The van der Waals surface area contributed by atoms with E-state index in [9.17, 15) is 0 Å². The van der Waals surface area contributed by atoms with E-state index in [0.717, 1.165) is 11.9 Å². The van der Waals surface area contributed by atoms with Gasteiger partial charge in [0.05, 0.1) is 5.52 Å². The van der Waals surface area contributed by atoms with Gasteiger partial charge in [-0.15, -0.1) is 0 Å². The summed E-state index contributed by atoms with van der Waals surface area (Å²) in [5.74, 6) is 0. The Labute approximate surface area is 84.5 Å². The van der Waals surface area contributed by atoms with Gasteiger partial charge in [0.25, 0.3) is 0 Å². The van der Waals surface area contributed by atoms with Gasteiger partial charge in [0.1, 0.15) is 0 Å². The number of hydrogen-bond acceptors (Lipinski definition) is 1. The van der Waals surface area contributed by atoms with Gasteiger partial charge in [0.2, 0.25) is 0 Å². The van der Waals surface area contributed by atoms with Crippen LogP contribution in [0.5, 0.6) is 0 Å². The fourth-order valence-electron chi connectivity index (χ4n) is 1.31. The Balaban J connectivity index is 2.73. The Hall–Kier alpha value is -0.580. The van der Waals surface area contributed by atoms with Crippen LogP contribution >= 0.6 is 22.6 Å². The summed E-state index contributed by atoms with van der Waals surface area (Å²) >= 11 is 2.30. The van der Waals surface area contributed by atoms with Crippen molar-refractivity contribution in [2.45, 2.75) is 13.3 Å². The predicted octanol–water partition coefficient (Wildman–Crippen LogP) is 2.73. The van der Waals surface area contributed by atoms with Crippen molar-refractivity contribution in [1.82, 2.24) is 10.2 Å². The summed E-state index contributed by atoms with van der Waals surface area (Å²) < 4.78 is 1.23. The third-order valence-electron chi connectivity index (χ3n) is 1.95. The summed E-state index contributed by atoms with van der Waals surface area (Å²) in [5, 5.41) is 8.51. The largest absolute Gasteiger partial charge is 0.281 e. The molecule has 0 radical (unpaired) electrons. The first kappa shape index (κ1) is 8.04. The lowest BCUT2D eigenvalue weighted by Crippen LogP contribution is -1.78. The average molecular weight is 272 g/mol. The highest BCUT2D eigenvalue weighted by Crippen LogP contribution is 2.18. The third kappa shape index (κ3) is 1.22. The summed E-state index contributed by atoms with van der Waals surface area (Å²) in [5.41, 5.74) is 2.29. The summed E-state index contributed by atoms with van der Waals surface area (Å²) in [4.78, 5) is 0. The van der Waals surface area contributed by atoms with E-state index in [2.05, 4.69) is 57.9 Å². The number of benzene rings is 1. The molecule has 0 saturated carbocycles. The minimum atomic E-state index is 1.01. The van der Waals surface area contributed by atoms with Crippen LogP contribution in [0.2, 0.25) is 0 Å². The third-order valence-corrected chi connectivity index (χ3v) is 2.62. The fourth-order valence-corrected chi connectivity index (χ4v) is 1.78. The summed E-state index contributed by atoms with van der Waals surface area (Å²) in [6.07, 6.45) is 1.01. The van der Waals surface area contributed by atoms with Crippen LogP contribution in [0.25, 0.3) is 10.9 Å². The zero-order chi connectivity index (χ0) is 8.55. The van der Waals surface area contributed by atoms with Gasteiger partial charge in [-0.1, -0.05) is 6.92 Å². The Bertz CT molecular complexity index is 406. The Kier molecular flexibility index (Phi) is 2.04. The highest BCUT2D eigenvalue weighted by atomic mass is 127. The molecule has 3 heteroatoms. The molecule has 1 heterocycles. The van der Waals surface area contributed by atoms with Crippen molar-refractivity contribution in [2.24, 2.45) is 0 Å². The molecular formula is C9H9IN2. The molecule has 2 aromatic rings. The van der Waals surface area contributed by atoms with Crippen LogP contribution in [0.4, 0.5) is 0 Å². The Morgan fingerprint density at radius 1 is 1.50 bits per heavy atom. The lowest BCUT2D eigenvalue weighted by molar-refractivity contribution is 0.988. The van der Waals surface area contributed by atoms with Crippen LogP contribution in [0, 0.1) is 3.57 Å². The van der Waals surface area contributed by atoms with E-state index >= 15 is 0 Å². The van der Waals surface area contributed by atoms with Crippen LogP contribution in [0.3, 0.4) is 0 Å². The van der Waals surface area contributed by atoms with Crippen LogP contribution in [0.1, 0.15) is 12.6 Å². The summed E-state index contributed by atoms with van der Waals surface area (Å²) in [6.45, 7) is 2.13. The maximum atomic E-state index is 4.22. The molecule has 0 aliphatic heterocycles. The van der Waals surface area contributed by atoms with E-state index in [-0.39, 0.29) is 0 Å². The first-order chi connectivity index (χ1) is 5.81. The topological polar surface area (TPSA) is 28.7 Å². The number of aromatic amines is 1. The van der Waals surface area contributed by atoms with Crippen LogP contribution < -0.4 is 0 Å². The molecule has 1 aromatic heterocycles. The summed E-state index contributed by atoms with van der Waals surface area (Å²) in [7, 11) is 0. The first-order valence-electron chi connectivity index (χ1n) is 3.93. The molecule has 2 rings (SSSR count). The molecule has 1 N–H and O–H groups in total. The van der Waals surface area contributed by atoms with E-state index in [0.29, 0.717) is 0 Å². The number of aryl methyl sites for hydroxylation is 1. The van der Waals surface area contributed by atoms with Gasteiger partial charge < -0.3 is 0 Å². The van der Waals surface area contributed by atoms with Crippen LogP contribution in [-0.4, -0.2) is 10.2 Å². The second-order valence-electron chi connectivity index (χ2n) is 2.72. The number of nitrogens with zero attached hydrogens (tertiary/aromatic N) is 1. The minimum Gasteiger partial charge on any atom is -0.281 e. The molecule has 0 amide bonds. The number of nitrogens with one attached hydrogen (secondary N) is 1. The summed E-state index contributed by atoms with van der Waals surface area (Å²) in [6, 6.07) is 6.32. The maximum absolute atomic E-state index is 4.22. The highest BCUT2D eigenvalue weighted by Gasteiger charge is 2.02. The zero-order valence-corrected chi connectivity index (χ0v) is 8.92. The normalized spacial score (nSPS) is 10.8. The molecule has 0 bridgehead atoms. The van der Waals surface area contributed by atoms with E-state index in [1.165, 1.54) is 14.7 Å². The molecule has 0 aliphatic carbocycles. The monoisotopic (exact) mass is 272 g/mol. The lowest BCUT2D eigenvalue weighted by Gasteiger charge is -1.91. The second kappa shape index (κ2) is 3.05. The van der Waals surface area contributed by atoms with Gasteiger partial charge in [0, 0.05) is 14.7 Å². The minimum absolute atomic E-state index is 1.01.